The van der Waals surface area contributed by atoms with E-state index < -0.39 is 16.4 Å². The molecule has 0 unspecified atom stereocenters. The zero-order chi connectivity index (χ0) is 15.7. The van der Waals surface area contributed by atoms with Crippen molar-refractivity contribution in [1.82, 2.24) is 4.90 Å². The first-order valence-corrected chi connectivity index (χ1v) is 7.29. The second-order valence-electron chi connectivity index (χ2n) is 4.62. The maximum Gasteiger partial charge on any atom is 0.311 e. The quantitative estimate of drug-likeness (QED) is 0.398. The summed E-state index contributed by atoms with van der Waals surface area (Å²) in [6.07, 6.45) is 1.42. The van der Waals surface area contributed by atoms with E-state index in [1.165, 1.54) is 29.2 Å². The van der Waals surface area contributed by atoms with Crippen molar-refractivity contribution in [3.63, 3.8) is 0 Å². The number of hydrogen-bond acceptors (Lipinski definition) is 6. The first-order valence-electron chi connectivity index (χ1n) is 6.06. The van der Waals surface area contributed by atoms with Crippen molar-refractivity contribution in [2.45, 2.75) is 19.9 Å². The topological polar surface area (TPSA) is 83.7 Å². The molecule has 1 saturated heterocycles. The lowest BCUT2D eigenvalue weighted by atomic mass is 10.1. The number of nitro benzene ring substituents is 1. The lowest BCUT2D eigenvalue weighted by Crippen LogP contribution is -2.34. The smallest absolute Gasteiger partial charge is 0.311 e. The summed E-state index contributed by atoms with van der Waals surface area (Å²) in [4.78, 5) is 24.2. The highest BCUT2D eigenvalue weighted by atomic mass is 32.2. The number of rotatable bonds is 3. The molecule has 1 amide bonds. The van der Waals surface area contributed by atoms with Crippen LogP contribution < -0.4 is 0 Å². The number of nitro groups is 1. The maximum atomic E-state index is 12.2. The van der Waals surface area contributed by atoms with Crippen LogP contribution in [0.2, 0.25) is 0 Å². The predicted octanol–water partition coefficient (Wildman–Crippen LogP) is 2.91. The molecule has 0 atom stereocenters. The van der Waals surface area contributed by atoms with E-state index in [1.807, 2.05) is 13.8 Å². The molecule has 1 heterocycles. The Hall–Kier alpha value is -1.93. The summed E-state index contributed by atoms with van der Waals surface area (Å²) in [5, 5.41) is 20.7. The van der Waals surface area contributed by atoms with Crippen LogP contribution in [0.5, 0.6) is 5.75 Å². The molecule has 0 aliphatic carbocycles. The average Bonchev–Trinajstić information content (AvgIpc) is 2.66. The number of phenolic OH excluding ortho intramolecular Hbond substituents is 1. The molecular weight excluding hydrogens is 312 g/mol. The second kappa shape index (κ2) is 5.82. The highest BCUT2D eigenvalue weighted by Crippen LogP contribution is 2.37. The molecule has 1 aromatic rings. The van der Waals surface area contributed by atoms with Gasteiger partial charge in [0.25, 0.3) is 5.91 Å². The first kappa shape index (κ1) is 15.5. The number of thiocarbonyl (C=S) groups is 1. The van der Waals surface area contributed by atoms with E-state index in [1.54, 1.807) is 0 Å². The van der Waals surface area contributed by atoms with Crippen molar-refractivity contribution in [2.75, 3.05) is 0 Å². The first-order chi connectivity index (χ1) is 9.82. The predicted molar refractivity (Wildman–Crippen MR) is 84.9 cm³/mol. The molecule has 1 aliphatic rings. The molecule has 8 heteroatoms. The zero-order valence-corrected chi connectivity index (χ0v) is 12.9. The van der Waals surface area contributed by atoms with E-state index in [9.17, 15) is 20.0 Å². The third kappa shape index (κ3) is 2.91. The standard InChI is InChI=1S/C13H12N2O4S2/c1-7(2)14-12(17)10(21-13(14)20)6-8-4-3-5-9(11(8)16)15(18)19/h3-7,16H,1-2H3. The Morgan fingerprint density at radius 2 is 2.14 bits per heavy atom. The van der Waals surface area contributed by atoms with E-state index in [4.69, 9.17) is 12.2 Å². The third-order valence-electron chi connectivity index (χ3n) is 2.87. The molecule has 2 rings (SSSR count). The van der Waals surface area contributed by atoms with E-state index >= 15 is 0 Å². The van der Waals surface area contributed by atoms with E-state index in [2.05, 4.69) is 0 Å². The number of carbonyl (C=O) groups excluding carboxylic acids is 1. The number of thioether (sulfide) groups is 1. The normalized spacial score (nSPS) is 17.1. The number of benzene rings is 1. The van der Waals surface area contributed by atoms with E-state index in [0.717, 1.165) is 11.8 Å². The van der Waals surface area contributed by atoms with E-state index in [-0.39, 0.29) is 17.5 Å². The average molecular weight is 324 g/mol. The summed E-state index contributed by atoms with van der Waals surface area (Å²) >= 11 is 6.26. The lowest BCUT2D eigenvalue weighted by Gasteiger charge is -2.18. The van der Waals surface area contributed by atoms with E-state index in [0.29, 0.717) is 9.23 Å². The molecule has 0 radical (unpaired) electrons. The Morgan fingerprint density at radius 1 is 1.48 bits per heavy atom. The minimum absolute atomic E-state index is 0.0675. The van der Waals surface area contributed by atoms with Gasteiger partial charge in [0, 0.05) is 17.7 Å². The lowest BCUT2D eigenvalue weighted by molar-refractivity contribution is -0.385. The number of carbonyl (C=O) groups is 1. The summed E-state index contributed by atoms with van der Waals surface area (Å²) in [6.45, 7) is 3.69. The molecule has 6 nitrogen and oxygen atoms in total. The molecule has 0 aromatic heterocycles. The number of phenols is 1. The highest BCUT2D eigenvalue weighted by Gasteiger charge is 2.34. The summed E-state index contributed by atoms with van der Waals surface area (Å²) in [5.41, 5.74) is -0.184. The van der Waals surface area contributed by atoms with Gasteiger partial charge in [0.15, 0.2) is 0 Å². The van der Waals surface area contributed by atoms with Crippen molar-refractivity contribution in [1.29, 1.82) is 0 Å². The van der Waals surface area contributed by atoms with Crippen molar-refractivity contribution in [2.24, 2.45) is 0 Å². The van der Waals surface area contributed by atoms with Gasteiger partial charge in [-0.1, -0.05) is 36.1 Å². The fraction of sp³-hybridized carbons (Fsp3) is 0.231. The number of aromatic hydroxyl groups is 1. The molecule has 1 N–H and O–H groups in total. The van der Waals surface area contributed by atoms with Crippen LogP contribution in [-0.4, -0.2) is 31.2 Å². The van der Waals surface area contributed by atoms with Gasteiger partial charge in [0.05, 0.1) is 9.83 Å². The largest absolute Gasteiger partial charge is 0.502 e. The minimum Gasteiger partial charge on any atom is -0.502 e. The van der Waals surface area contributed by atoms with Crippen molar-refractivity contribution in [3.05, 3.63) is 38.8 Å². The molecule has 1 aromatic carbocycles. The third-order valence-corrected chi connectivity index (χ3v) is 4.20. The van der Waals surface area contributed by atoms with Crippen LogP contribution >= 0.6 is 24.0 Å². The van der Waals surface area contributed by atoms with Crippen LogP contribution in [0.15, 0.2) is 23.1 Å². The van der Waals surface area contributed by atoms with Gasteiger partial charge in [-0.15, -0.1) is 0 Å². The number of amides is 1. The van der Waals surface area contributed by atoms with Gasteiger partial charge < -0.3 is 5.11 Å². The van der Waals surface area contributed by atoms with Crippen molar-refractivity contribution >= 4 is 46.0 Å². The Kier molecular flexibility index (Phi) is 4.29. The Bertz CT molecular complexity index is 670. The SMILES string of the molecule is CC(C)N1C(=O)C(=Cc2cccc([N+](=O)[O-])c2O)SC1=S. The van der Waals surface area contributed by atoms with Gasteiger partial charge in [-0.2, -0.15) is 0 Å². The van der Waals surface area contributed by atoms with Crippen molar-refractivity contribution in [3.8, 4) is 5.75 Å². The summed E-state index contributed by atoms with van der Waals surface area (Å²) < 4.78 is 0.436. The summed E-state index contributed by atoms with van der Waals surface area (Å²) in [7, 11) is 0. The second-order valence-corrected chi connectivity index (χ2v) is 6.29. The van der Waals surface area contributed by atoms with Crippen LogP contribution in [-0.2, 0) is 4.79 Å². The monoisotopic (exact) mass is 324 g/mol. The van der Waals surface area contributed by atoms with Gasteiger partial charge in [0.2, 0.25) is 5.75 Å². The molecule has 0 bridgehead atoms. The number of hydrogen-bond donors (Lipinski definition) is 1. The van der Waals surface area contributed by atoms with Crippen LogP contribution in [0, 0.1) is 10.1 Å². The Balaban J connectivity index is 2.42. The van der Waals surface area contributed by atoms with Crippen LogP contribution in [0.1, 0.15) is 19.4 Å². The van der Waals surface area contributed by atoms with Gasteiger partial charge in [-0.05, 0) is 19.9 Å². The van der Waals surface area contributed by atoms with Crippen LogP contribution in [0.4, 0.5) is 5.69 Å². The molecule has 1 fully saturated rings. The van der Waals surface area contributed by atoms with Crippen molar-refractivity contribution < 1.29 is 14.8 Å². The van der Waals surface area contributed by atoms with Crippen LogP contribution in [0.3, 0.4) is 0 Å². The fourth-order valence-corrected chi connectivity index (χ4v) is 3.39. The highest BCUT2D eigenvalue weighted by molar-refractivity contribution is 8.26. The minimum atomic E-state index is -0.675. The van der Waals surface area contributed by atoms with Crippen LogP contribution in [0.25, 0.3) is 6.08 Å². The number of para-hydroxylation sites is 1. The number of nitrogens with zero attached hydrogens (tertiary/aromatic N) is 2. The molecular formula is C13H12N2O4S2. The summed E-state index contributed by atoms with van der Waals surface area (Å²) in [6, 6.07) is 4.09. The Labute approximate surface area is 130 Å². The fourth-order valence-electron chi connectivity index (χ4n) is 1.88. The van der Waals surface area contributed by atoms with Gasteiger partial charge in [-0.3, -0.25) is 19.8 Å². The Morgan fingerprint density at radius 3 is 2.67 bits per heavy atom. The molecule has 21 heavy (non-hydrogen) atoms. The molecule has 0 saturated carbocycles. The maximum absolute atomic E-state index is 12.2. The molecule has 110 valence electrons. The molecule has 1 aliphatic heterocycles. The zero-order valence-electron chi connectivity index (χ0n) is 11.3. The molecule has 0 spiro atoms. The summed E-state index contributed by atoms with van der Waals surface area (Å²) in [5.74, 6) is -0.719. The van der Waals surface area contributed by atoms with Gasteiger partial charge in [0.1, 0.15) is 4.32 Å². The van der Waals surface area contributed by atoms with Gasteiger partial charge in [-0.25, -0.2) is 0 Å². The van der Waals surface area contributed by atoms with Gasteiger partial charge >= 0.3 is 5.69 Å².